The molecule has 3 rings (SSSR count). The molecule has 2 heterocycles. The summed E-state index contributed by atoms with van der Waals surface area (Å²) in [6, 6.07) is 8.79. The van der Waals surface area contributed by atoms with E-state index in [0.29, 0.717) is 6.04 Å². The first-order chi connectivity index (χ1) is 9.83. The molecule has 6 nitrogen and oxygen atoms in total. The lowest BCUT2D eigenvalue weighted by atomic mass is 10.0. The molecule has 1 fully saturated rings. The summed E-state index contributed by atoms with van der Waals surface area (Å²) in [6.07, 6.45) is 5.54. The smallest absolute Gasteiger partial charge is 0.143 e. The highest BCUT2D eigenvalue weighted by Crippen LogP contribution is 2.17. The van der Waals surface area contributed by atoms with Crippen molar-refractivity contribution in [3.63, 3.8) is 0 Å². The molecule has 0 saturated carbocycles. The highest BCUT2D eigenvalue weighted by Gasteiger charge is 2.18. The molecule has 1 atom stereocenters. The summed E-state index contributed by atoms with van der Waals surface area (Å²) in [5.41, 5.74) is 2.08. The highest BCUT2D eigenvalue weighted by atomic mass is 15.5. The van der Waals surface area contributed by atoms with Gasteiger partial charge >= 0.3 is 0 Å². The number of nitrogens with one attached hydrogen (secondary N) is 1. The molecule has 106 valence electrons. The van der Waals surface area contributed by atoms with E-state index in [0.717, 1.165) is 17.9 Å². The Morgan fingerprint density at radius 1 is 1.35 bits per heavy atom. The summed E-state index contributed by atoms with van der Waals surface area (Å²) >= 11 is 0. The lowest BCUT2D eigenvalue weighted by Gasteiger charge is -2.32. The van der Waals surface area contributed by atoms with Gasteiger partial charge in [0.1, 0.15) is 6.33 Å². The Kier molecular flexibility index (Phi) is 3.92. The summed E-state index contributed by atoms with van der Waals surface area (Å²) in [6.45, 7) is 2.19. The van der Waals surface area contributed by atoms with E-state index in [1.807, 2.05) is 12.1 Å². The van der Waals surface area contributed by atoms with Gasteiger partial charge in [-0.2, -0.15) is 0 Å². The van der Waals surface area contributed by atoms with E-state index in [1.165, 1.54) is 25.8 Å². The van der Waals surface area contributed by atoms with Gasteiger partial charge < -0.3 is 10.2 Å². The van der Waals surface area contributed by atoms with Crippen molar-refractivity contribution in [3.05, 3.63) is 30.6 Å². The minimum Gasteiger partial charge on any atom is -0.383 e. The zero-order valence-electron chi connectivity index (χ0n) is 11.7. The van der Waals surface area contributed by atoms with Crippen LogP contribution in [0.3, 0.4) is 0 Å². The van der Waals surface area contributed by atoms with Crippen molar-refractivity contribution in [2.24, 2.45) is 0 Å². The van der Waals surface area contributed by atoms with Crippen LogP contribution >= 0.6 is 0 Å². The number of hydrogen-bond acceptors (Lipinski definition) is 5. The van der Waals surface area contributed by atoms with Gasteiger partial charge in [0.15, 0.2) is 0 Å². The fourth-order valence-electron chi connectivity index (χ4n) is 2.68. The maximum atomic E-state index is 3.91. The maximum Gasteiger partial charge on any atom is 0.143 e. The van der Waals surface area contributed by atoms with Crippen molar-refractivity contribution in [1.82, 2.24) is 25.1 Å². The number of likely N-dealkylation sites (N-methyl/N-ethyl adjacent to an activating group) is 1. The van der Waals surface area contributed by atoms with Crippen LogP contribution in [0, 0.1) is 0 Å². The number of aromatic nitrogens is 4. The molecular weight excluding hydrogens is 252 g/mol. The fraction of sp³-hybridized carbons (Fsp3) is 0.500. The number of benzene rings is 1. The lowest BCUT2D eigenvalue weighted by Crippen LogP contribution is -2.40. The van der Waals surface area contributed by atoms with Crippen LogP contribution < -0.4 is 5.32 Å². The van der Waals surface area contributed by atoms with Crippen molar-refractivity contribution in [2.45, 2.75) is 25.3 Å². The lowest BCUT2D eigenvalue weighted by molar-refractivity contribution is 0.194. The van der Waals surface area contributed by atoms with Gasteiger partial charge in [-0.05, 0) is 55.1 Å². The third kappa shape index (κ3) is 2.96. The number of likely N-dealkylation sites (tertiary alicyclic amines) is 1. The van der Waals surface area contributed by atoms with Crippen molar-refractivity contribution in [1.29, 1.82) is 0 Å². The highest BCUT2D eigenvalue weighted by molar-refractivity contribution is 5.50. The Bertz CT molecular complexity index is 538. The topological polar surface area (TPSA) is 58.9 Å². The molecule has 1 aromatic carbocycles. The maximum absolute atomic E-state index is 3.91. The summed E-state index contributed by atoms with van der Waals surface area (Å²) in [4.78, 5) is 2.45. The summed E-state index contributed by atoms with van der Waals surface area (Å²) in [7, 11) is 2.21. The van der Waals surface area contributed by atoms with Gasteiger partial charge in [0.2, 0.25) is 0 Å². The van der Waals surface area contributed by atoms with Gasteiger partial charge in [0.05, 0.1) is 5.69 Å². The minimum atomic E-state index is 0.625. The number of nitrogens with zero attached hydrogens (tertiary/aromatic N) is 5. The summed E-state index contributed by atoms with van der Waals surface area (Å²) < 4.78 is 1.66. The molecule has 1 aromatic heterocycles. The van der Waals surface area contributed by atoms with Gasteiger partial charge in [0.25, 0.3) is 0 Å². The summed E-state index contributed by atoms with van der Waals surface area (Å²) in [5, 5.41) is 14.8. The molecule has 1 aliphatic rings. The van der Waals surface area contributed by atoms with Crippen LogP contribution in [0.25, 0.3) is 5.69 Å². The van der Waals surface area contributed by atoms with Crippen LogP contribution in [0.1, 0.15) is 19.3 Å². The molecule has 1 saturated heterocycles. The third-order valence-corrected chi connectivity index (χ3v) is 3.92. The van der Waals surface area contributed by atoms with Crippen LogP contribution in [-0.4, -0.2) is 51.3 Å². The molecule has 0 amide bonds. The van der Waals surface area contributed by atoms with Crippen LogP contribution in [0.15, 0.2) is 30.6 Å². The quantitative estimate of drug-likeness (QED) is 0.915. The second-order valence-electron chi connectivity index (χ2n) is 5.32. The summed E-state index contributed by atoms with van der Waals surface area (Å²) in [5.74, 6) is 0. The van der Waals surface area contributed by atoms with E-state index in [2.05, 4.69) is 44.9 Å². The van der Waals surface area contributed by atoms with Gasteiger partial charge in [-0.15, -0.1) is 5.10 Å². The number of piperidine rings is 1. The average Bonchev–Trinajstić information content (AvgIpc) is 3.01. The van der Waals surface area contributed by atoms with Crippen molar-refractivity contribution < 1.29 is 0 Å². The van der Waals surface area contributed by atoms with E-state index < -0.39 is 0 Å². The molecule has 6 heteroatoms. The fourth-order valence-corrected chi connectivity index (χ4v) is 2.68. The second kappa shape index (κ2) is 6.00. The predicted molar refractivity (Wildman–Crippen MR) is 77.9 cm³/mol. The van der Waals surface area contributed by atoms with Gasteiger partial charge in [0, 0.05) is 18.3 Å². The van der Waals surface area contributed by atoms with Crippen molar-refractivity contribution in [2.75, 3.05) is 25.5 Å². The first-order valence-electron chi connectivity index (χ1n) is 7.10. The van der Waals surface area contributed by atoms with E-state index in [-0.39, 0.29) is 0 Å². The van der Waals surface area contributed by atoms with E-state index >= 15 is 0 Å². The standard InChI is InChI=1S/C14H20N6/c1-19-8-3-2-6-14(19)10-15-12-5-4-7-13(9-12)20-11-16-17-18-20/h4-5,7,9,11,14-15H,2-3,6,8,10H2,1H3. The second-order valence-corrected chi connectivity index (χ2v) is 5.32. The van der Waals surface area contributed by atoms with Gasteiger partial charge in [-0.1, -0.05) is 12.5 Å². The van der Waals surface area contributed by atoms with Crippen LogP contribution in [0.2, 0.25) is 0 Å². The number of rotatable bonds is 4. The molecule has 0 spiro atoms. The van der Waals surface area contributed by atoms with Crippen molar-refractivity contribution in [3.8, 4) is 5.69 Å². The SMILES string of the molecule is CN1CCCCC1CNc1cccc(-n2cnnn2)c1. The largest absolute Gasteiger partial charge is 0.383 e. The molecule has 1 aliphatic heterocycles. The Balaban J connectivity index is 1.64. The first-order valence-corrected chi connectivity index (χ1v) is 7.10. The monoisotopic (exact) mass is 272 g/mol. The van der Waals surface area contributed by atoms with Crippen LogP contribution in [-0.2, 0) is 0 Å². The van der Waals surface area contributed by atoms with E-state index in [9.17, 15) is 0 Å². The predicted octanol–water partition coefficient (Wildman–Crippen LogP) is 1.56. The molecule has 2 aromatic rings. The normalized spacial score (nSPS) is 19.9. The van der Waals surface area contributed by atoms with E-state index in [1.54, 1.807) is 11.0 Å². The first kappa shape index (κ1) is 13.1. The third-order valence-electron chi connectivity index (χ3n) is 3.92. The molecular formula is C14H20N6. The van der Waals surface area contributed by atoms with Crippen molar-refractivity contribution >= 4 is 5.69 Å². The molecule has 1 N–H and O–H groups in total. The minimum absolute atomic E-state index is 0.625. The zero-order valence-corrected chi connectivity index (χ0v) is 11.7. The Morgan fingerprint density at radius 2 is 2.30 bits per heavy atom. The van der Waals surface area contributed by atoms with Crippen LogP contribution in [0.4, 0.5) is 5.69 Å². The molecule has 0 radical (unpaired) electrons. The molecule has 0 aliphatic carbocycles. The number of anilines is 1. The zero-order chi connectivity index (χ0) is 13.8. The molecule has 20 heavy (non-hydrogen) atoms. The average molecular weight is 272 g/mol. The van der Waals surface area contributed by atoms with Gasteiger partial charge in [-0.3, -0.25) is 0 Å². The number of tetrazole rings is 1. The Morgan fingerprint density at radius 3 is 3.10 bits per heavy atom. The number of hydrogen-bond donors (Lipinski definition) is 1. The molecule has 1 unspecified atom stereocenters. The molecule has 0 bridgehead atoms. The Labute approximate surface area is 118 Å². The van der Waals surface area contributed by atoms with Gasteiger partial charge in [-0.25, -0.2) is 4.68 Å². The van der Waals surface area contributed by atoms with Crippen LogP contribution in [0.5, 0.6) is 0 Å². The van der Waals surface area contributed by atoms with E-state index in [4.69, 9.17) is 0 Å². The Hall–Kier alpha value is -1.95.